The number of aromatic nitrogens is 5. The van der Waals surface area contributed by atoms with Gasteiger partial charge in [-0.15, -0.1) is 11.3 Å². The lowest BCUT2D eigenvalue weighted by molar-refractivity contribution is 0.0966. The third kappa shape index (κ3) is 2.81. The molecule has 4 heterocycles. The minimum atomic E-state index is -0.0452. The van der Waals surface area contributed by atoms with Crippen molar-refractivity contribution in [2.45, 2.75) is 13.5 Å². The van der Waals surface area contributed by atoms with Gasteiger partial charge in [-0.3, -0.25) is 9.89 Å². The summed E-state index contributed by atoms with van der Waals surface area (Å²) in [5.41, 5.74) is 6.02. The lowest BCUT2D eigenvalue weighted by atomic mass is 9.98. The summed E-state index contributed by atoms with van der Waals surface area (Å²) in [7, 11) is 0. The second-order valence-corrected chi connectivity index (χ2v) is 7.22. The summed E-state index contributed by atoms with van der Waals surface area (Å²) < 4.78 is 0. The molecule has 0 fully saturated rings. The summed E-state index contributed by atoms with van der Waals surface area (Å²) in [4.78, 5) is 25.2. The summed E-state index contributed by atoms with van der Waals surface area (Å²) in [6.07, 6.45) is 3.46. The van der Waals surface area contributed by atoms with Crippen LogP contribution in [0.5, 0.6) is 0 Å². The van der Waals surface area contributed by atoms with Crippen molar-refractivity contribution >= 4 is 28.3 Å². The molecule has 3 N–H and O–H groups in total. The topological polar surface area (TPSA) is 108 Å². The minimum Gasteiger partial charge on any atom is -0.348 e. The fraction of sp³-hybridized carbons (Fsp3) is 0.105. The number of amides is 1. The van der Waals surface area contributed by atoms with Gasteiger partial charge in [-0.2, -0.15) is 5.10 Å². The monoisotopic (exact) mass is 389 g/mol. The van der Waals surface area contributed by atoms with Crippen LogP contribution < -0.4 is 10.6 Å². The molecule has 4 aromatic rings. The first-order valence-corrected chi connectivity index (χ1v) is 9.53. The van der Waals surface area contributed by atoms with Crippen LogP contribution in [-0.4, -0.2) is 31.1 Å². The van der Waals surface area contributed by atoms with Crippen molar-refractivity contribution in [3.63, 3.8) is 0 Å². The Morgan fingerprint density at radius 2 is 2.04 bits per heavy atom. The molecule has 9 heteroatoms. The molecular formula is C19H15N7OS. The van der Waals surface area contributed by atoms with Crippen LogP contribution in [0.3, 0.4) is 0 Å². The number of H-pyrrole nitrogens is 1. The smallest absolute Gasteiger partial charge is 0.251 e. The number of hydrogen-bond acceptors (Lipinski definition) is 7. The van der Waals surface area contributed by atoms with Crippen LogP contribution >= 0.6 is 11.3 Å². The molecule has 1 aliphatic rings. The Morgan fingerprint density at radius 3 is 2.93 bits per heavy atom. The summed E-state index contributed by atoms with van der Waals surface area (Å²) in [6.45, 7) is 2.42. The maximum Gasteiger partial charge on any atom is 0.251 e. The van der Waals surface area contributed by atoms with Crippen LogP contribution in [0.25, 0.3) is 22.5 Å². The number of hydrogen-bond donors (Lipinski definition) is 3. The number of nitrogens with one attached hydrogen (secondary N) is 3. The predicted molar refractivity (Wildman–Crippen MR) is 106 cm³/mol. The molecular weight excluding hydrogens is 374 g/mol. The number of rotatable bonds is 4. The third-order valence-corrected chi connectivity index (χ3v) is 5.31. The Labute approximate surface area is 164 Å². The maximum atomic E-state index is 12.0. The summed E-state index contributed by atoms with van der Waals surface area (Å²) >= 11 is 1.47. The van der Waals surface area contributed by atoms with E-state index in [2.05, 4.69) is 35.8 Å². The van der Waals surface area contributed by atoms with Gasteiger partial charge in [-0.1, -0.05) is 12.1 Å². The van der Waals surface area contributed by atoms with Crippen LogP contribution in [0.4, 0.5) is 11.1 Å². The lowest BCUT2D eigenvalue weighted by Crippen LogP contribution is -2.12. The van der Waals surface area contributed by atoms with Crippen LogP contribution in [-0.2, 0) is 6.54 Å². The van der Waals surface area contributed by atoms with Crippen molar-refractivity contribution in [2.24, 2.45) is 0 Å². The first kappa shape index (κ1) is 16.6. The normalized spacial score (nSPS) is 12.7. The number of benzene rings is 1. The van der Waals surface area contributed by atoms with E-state index in [0.29, 0.717) is 23.2 Å². The fourth-order valence-electron chi connectivity index (χ4n) is 3.23. The first-order valence-electron chi connectivity index (χ1n) is 8.65. The number of fused-ring (bicyclic) bond motifs is 1. The van der Waals surface area contributed by atoms with Gasteiger partial charge in [-0.05, 0) is 24.6 Å². The van der Waals surface area contributed by atoms with E-state index < -0.39 is 0 Å². The molecule has 138 valence electrons. The van der Waals surface area contributed by atoms with Crippen molar-refractivity contribution in [3.05, 3.63) is 58.9 Å². The minimum absolute atomic E-state index is 0.0452. The average Bonchev–Trinajstić information content (AvgIpc) is 3.42. The number of carbonyl (C=O) groups is 1. The number of aryl methyl sites for hydroxylation is 1. The number of nitrogens with zero attached hydrogens (tertiary/aromatic N) is 4. The molecule has 3 aromatic heterocycles. The molecule has 5 rings (SSSR count). The van der Waals surface area contributed by atoms with E-state index in [1.54, 1.807) is 12.4 Å². The van der Waals surface area contributed by atoms with Gasteiger partial charge in [0.25, 0.3) is 5.91 Å². The van der Waals surface area contributed by atoms with Gasteiger partial charge in [0.05, 0.1) is 17.6 Å². The largest absolute Gasteiger partial charge is 0.348 e. The van der Waals surface area contributed by atoms with E-state index >= 15 is 0 Å². The first-order chi connectivity index (χ1) is 13.7. The highest BCUT2D eigenvalue weighted by molar-refractivity contribution is 7.14. The van der Waals surface area contributed by atoms with E-state index in [1.807, 2.05) is 36.6 Å². The molecule has 0 saturated carbocycles. The molecule has 0 atom stereocenters. The average molecular weight is 389 g/mol. The summed E-state index contributed by atoms with van der Waals surface area (Å²) in [5.74, 6) is 0.468. The number of thiazole rings is 1. The highest BCUT2D eigenvalue weighted by Crippen LogP contribution is 2.36. The van der Waals surface area contributed by atoms with Crippen molar-refractivity contribution in [2.75, 3.05) is 5.32 Å². The van der Waals surface area contributed by atoms with Gasteiger partial charge in [0.2, 0.25) is 5.95 Å². The van der Waals surface area contributed by atoms with Crippen LogP contribution in [0.2, 0.25) is 0 Å². The Bertz CT molecular complexity index is 1200. The fourth-order valence-corrected chi connectivity index (χ4v) is 3.94. The zero-order chi connectivity index (χ0) is 19.1. The highest BCUT2D eigenvalue weighted by atomic mass is 32.1. The molecule has 1 aromatic carbocycles. The SMILES string of the molecule is Cc1ccnc(Nc2nc(-c3cn[nH]c3-c3cccc4c3CNC4=O)cs2)n1. The zero-order valence-corrected chi connectivity index (χ0v) is 15.7. The lowest BCUT2D eigenvalue weighted by Gasteiger charge is -2.06. The van der Waals surface area contributed by atoms with Crippen molar-refractivity contribution < 1.29 is 4.79 Å². The Kier molecular flexibility index (Phi) is 3.87. The summed E-state index contributed by atoms with van der Waals surface area (Å²) in [5, 5.41) is 15.9. The molecule has 1 aliphatic heterocycles. The molecule has 0 radical (unpaired) electrons. The van der Waals surface area contributed by atoms with Crippen LogP contribution in [0, 0.1) is 6.92 Å². The van der Waals surface area contributed by atoms with E-state index in [9.17, 15) is 4.79 Å². The van der Waals surface area contributed by atoms with E-state index in [-0.39, 0.29) is 5.91 Å². The van der Waals surface area contributed by atoms with Crippen LogP contribution in [0.15, 0.2) is 42.0 Å². The number of carbonyl (C=O) groups excluding carboxylic acids is 1. The summed E-state index contributed by atoms with van der Waals surface area (Å²) in [6, 6.07) is 7.55. The number of anilines is 2. The van der Waals surface area contributed by atoms with E-state index in [0.717, 1.165) is 33.8 Å². The molecule has 0 saturated heterocycles. The Balaban J connectivity index is 1.50. The van der Waals surface area contributed by atoms with Gasteiger partial charge in [0, 0.05) is 40.5 Å². The van der Waals surface area contributed by atoms with Crippen LogP contribution in [0.1, 0.15) is 21.6 Å². The van der Waals surface area contributed by atoms with Gasteiger partial charge in [0.15, 0.2) is 5.13 Å². The van der Waals surface area contributed by atoms with Gasteiger partial charge in [-0.25, -0.2) is 15.0 Å². The molecule has 28 heavy (non-hydrogen) atoms. The Hall–Kier alpha value is -3.59. The quantitative estimate of drug-likeness (QED) is 0.494. The van der Waals surface area contributed by atoms with Gasteiger partial charge < -0.3 is 10.6 Å². The van der Waals surface area contributed by atoms with Gasteiger partial charge in [0.1, 0.15) is 0 Å². The van der Waals surface area contributed by atoms with E-state index in [1.165, 1.54) is 11.3 Å². The van der Waals surface area contributed by atoms with Crippen molar-refractivity contribution in [1.82, 2.24) is 30.5 Å². The molecule has 0 aliphatic carbocycles. The van der Waals surface area contributed by atoms with Crippen molar-refractivity contribution in [3.8, 4) is 22.5 Å². The number of aromatic amines is 1. The molecule has 0 unspecified atom stereocenters. The molecule has 0 spiro atoms. The predicted octanol–water partition coefficient (Wildman–Crippen LogP) is 3.29. The molecule has 1 amide bonds. The third-order valence-electron chi connectivity index (χ3n) is 4.55. The second kappa shape index (κ2) is 6.54. The Morgan fingerprint density at radius 1 is 1.14 bits per heavy atom. The molecule has 0 bridgehead atoms. The van der Waals surface area contributed by atoms with Gasteiger partial charge >= 0.3 is 0 Å². The highest BCUT2D eigenvalue weighted by Gasteiger charge is 2.24. The molecule has 8 nitrogen and oxygen atoms in total. The maximum absolute atomic E-state index is 12.0. The van der Waals surface area contributed by atoms with Crippen molar-refractivity contribution in [1.29, 1.82) is 0 Å². The second-order valence-electron chi connectivity index (χ2n) is 6.36. The van der Waals surface area contributed by atoms with E-state index in [4.69, 9.17) is 0 Å². The standard InChI is InChI=1S/C19H15N7OS/c1-10-5-6-20-18(23-10)25-19-24-15(9-28-19)14-8-22-26-16(14)11-3-2-4-12-13(11)7-21-17(12)27/h2-6,8-9H,7H2,1H3,(H,21,27)(H,22,26)(H,20,23,24,25). The zero-order valence-electron chi connectivity index (χ0n) is 14.9.